The van der Waals surface area contributed by atoms with Crippen LogP contribution in [-0.2, 0) is 0 Å². The Morgan fingerprint density at radius 3 is 1.38 bits per heavy atom. The molecule has 0 aliphatic heterocycles. The molecule has 0 aliphatic rings. The van der Waals surface area contributed by atoms with E-state index in [2.05, 4.69) is 289 Å². The van der Waals surface area contributed by atoms with E-state index in [1.165, 1.54) is 60.8 Å². The molecule has 0 fully saturated rings. The van der Waals surface area contributed by atoms with Gasteiger partial charge in [-0.2, -0.15) is 0 Å². The third-order valence-corrected chi connectivity index (χ3v) is 13.2. The molecule has 0 unspecified atom stereocenters. The first-order valence-corrected chi connectivity index (χ1v) is 23.3. The molecule has 11 aromatic carbocycles. The largest absolute Gasteiger partial charge is 0.309 e. The monoisotopic (exact) mass is 866 g/mol. The van der Waals surface area contributed by atoms with Crippen LogP contribution in [0.25, 0.3) is 94.3 Å². The Kier molecular flexibility index (Phi) is 10.6. The van der Waals surface area contributed by atoms with E-state index in [-0.39, 0.29) is 0 Å². The zero-order chi connectivity index (χ0) is 45.2. The number of para-hydroxylation sites is 4. The lowest BCUT2D eigenvalue weighted by Crippen LogP contribution is -2.12. The first kappa shape index (κ1) is 40.5. The molecule has 2 nitrogen and oxygen atoms in total. The summed E-state index contributed by atoms with van der Waals surface area (Å²) in [6, 6.07) is 101. The lowest BCUT2D eigenvalue weighted by molar-refractivity contribution is 1.18. The van der Waals surface area contributed by atoms with Crippen LogP contribution in [0.2, 0.25) is 0 Å². The first-order chi connectivity index (χ1) is 33.8. The van der Waals surface area contributed by atoms with Gasteiger partial charge in [0.2, 0.25) is 0 Å². The standard InChI is InChI=1S/C66H46N2/c1-4-22-47(23-5-1)48-42-44-50(45-43-48)55-31-14-17-38-62(55)68(63-39-18-15-35-60(63)59-34-13-12-33-58(59)57-32-11-10-30-54(57)49-24-6-2-7-25-49)53-29-20-26-51(46-53)56-37-21-41-65-66(56)61-36-16-19-40-64(61)67(65)52-27-8-3-9-28-52/h1-46H. The molecule has 0 saturated heterocycles. The summed E-state index contributed by atoms with van der Waals surface area (Å²) in [6.45, 7) is 0. The maximum Gasteiger partial charge on any atom is 0.0547 e. The Balaban J connectivity index is 1.08. The highest BCUT2D eigenvalue weighted by Gasteiger charge is 2.24. The van der Waals surface area contributed by atoms with Gasteiger partial charge in [0.05, 0.1) is 22.4 Å². The van der Waals surface area contributed by atoms with Gasteiger partial charge in [0.15, 0.2) is 0 Å². The summed E-state index contributed by atoms with van der Waals surface area (Å²) in [4.78, 5) is 2.48. The van der Waals surface area contributed by atoms with Crippen molar-refractivity contribution in [2.75, 3.05) is 4.90 Å². The van der Waals surface area contributed by atoms with Gasteiger partial charge in [0.1, 0.15) is 0 Å². The SMILES string of the molecule is c1ccc(-c2ccc(-c3ccccc3N(c3cccc(-c4cccc5c4c4ccccc4n5-c4ccccc4)c3)c3ccccc3-c3ccccc3-c3ccccc3-c3ccccc3)cc2)cc1. The summed E-state index contributed by atoms with van der Waals surface area (Å²) in [5.41, 5.74) is 20.8. The lowest BCUT2D eigenvalue weighted by atomic mass is 9.88. The Morgan fingerprint density at radius 2 is 0.676 bits per heavy atom. The molecule has 2 heteroatoms. The van der Waals surface area contributed by atoms with E-state index in [1.807, 2.05) is 0 Å². The molecule has 0 amide bonds. The van der Waals surface area contributed by atoms with Crippen molar-refractivity contribution in [3.8, 4) is 72.4 Å². The summed E-state index contributed by atoms with van der Waals surface area (Å²) >= 11 is 0. The van der Waals surface area contributed by atoms with E-state index >= 15 is 0 Å². The molecule has 0 aliphatic carbocycles. The molecule has 0 radical (unpaired) electrons. The van der Waals surface area contributed by atoms with Gasteiger partial charge in [0, 0.05) is 33.3 Å². The number of fused-ring (bicyclic) bond motifs is 3. The van der Waals surface area contributed by atoms with Crippen molar-refractivity contribution in [3.05, 3.63) is 279 Å². The van der Waals surface area contributed by atoms with Crippen LogP contribution < -0.4 is 4.90 Å². The number of aromatic nitrogens is 1. The van der Waals surface area contributed by atoms with E-state index in [1.54, 1.807) is 0 Å². The Labute approximate surface area is 397 Å². The van der Waals surface area contributed by atoms with Crippen LogP contribution in [0.4, 0.5) is 17.1 Å². The Morgan fingerprint density at radius 1 is 0.250 bits per heavy atom. The second-order valence-corrected chi connectivity index (χ2v) is 17.2. The Bertz CT molecular complexity index is 3720. The summed E-state index contributed by atoms with van der Waals surface area (Å²) in [5, 5.41) is 2.47. The summed E-state index contributed by atoms with van der Waals surface area (Å²) in [5.74, 6) is 0. The molecule has 12 aromatic rings. The first-order valence-electron chi connectivity index (χ1n) is 23.3. The fraction of sp³-hybridized carbons (Fsp3) is 0. The number of nitrogens with zero attached hydrogens (tertiary/aromatic N) is 2. The number of anilines is 3. The summed E-state index contributed by atoms with van der Waals surface area (Å²) < 4.78 is 2.40. The minimum Gasteiger partial charge on any atom is -0.309 e. The molecule has 1 aromatic heterocycles. The molecule has 0 bridgehead atoms. The highest BCUT2D eigenvalue weighted by atomic mass is 15.1. The van der Waals surface area contributed by atoms with Crippen LogP contribution in [0, 0.1) is 0 Å². The molecule has 68 heavy (non-hydrogen) atoms. The van der Waals surface area contributed by atoms with Crippen LogP contribution in [0.15, 0.2) is 279 Å². The van der Waals surface area contributed by atoms with Crippen molar-refractivity contribution in [1.29, 1.82) is 0 Å². The fourth-order valence-corrected chi connectivity index (χ4v) is 10.2. The molecular formula is C66H46N2. The van der Waals surface area contributed by atoms with Crippen molar-refractivity contribution in [2.24, 2.45) is 0 Å². The van der Waals surface area contributed by atoms with Crippen LogP contribution in [0.5, 0.6) is 0 Å². The van der Waals surface area contributed by atoms with Crippen LogP contribution in [-0.4, -0.2) is 4.57 Å². The zero-order valence-corrected chi connectivity index (χ0v) is 37.5. The van der Waals surface area contributed by atoms with E-state index in [0.717, 1.165) is 50.6 Å². The maximum absolute atomic E-state index is 2.48. The predicted molar refractivity (Wildman–Crippen MR) is 288 cm³/mol. The second-order valence-electron chi connectivity index (χ2n) is 17.2. The van der Waals surface area contributed by atoms with Crippen molar-refractivity contribution in [3.63, 3.8) is 0 Å². The van der Waals surface area contributed by atoms with Gasteiger partial charge in [-0.1, -0.05) is 231 Å². The van der Waals surface area contributed by atoms with Crippen LogP contribution >= 0.6 is 0 Å². The van der Waals surface area contributed by atoms with Crippen molar-refractivity contribution >= 4 is 38.9 Å². The lowest BCUT2D eigenvalue weighted by Gasteiger charge is -2.31. The molecule has 0 spiro atoms. The highest BCUT2D eigenvalue weighted by Crippen LogP contribution is 2.48. The average Bonchev–Trinajstić information content (AvgIpc) is 3.77. The normalized spacial score (nSPS) is 11.2. The van der Waals surface area contributed by atoms with Crippen molar-refractivity contribution in [1.82, 2.24) is 4.57 Å². The fourth-order valence-electron chi connectivity index (χ4n) is 10.2. The number of rotatable bonds is 10. The molecule has 12 rings (SSSR count). The quantitative estimate of drug-likeness (QED) is 0.133. The number of hydrogen-bond donors (Lipinski definition) is 0. The minimum atomic E-state index is 1.06. The molecule has 1 heterocycles. The van der Waals surface area contributed by atoms with Gasteiger partial charge < -0.3 is 9.47 Å². The van der Waals surface area contributed by atoms with Gasteiger partial charge in [-0.05, 0) is 104 Å². The smallest absolute Gasteiger partial charge is 0.0547 e. The second kappa shape index (κ2) is 17.8. The molecular weight excluding hydrogens is 821 g/mol. The topological polar surface area (TPSA) is 8.17 Å². The van der Waals surface area contributed by atoms with Crippen molar-refractivity contribution < 1.29 is 0 Å². The zero-order valence-electron chi connectivity index (χ0n) is 37.5. The van der Waals surface area contributed by atoms with Crippen molar-refractivity contribution in [2.45, 2.75) is 0 Å². The number of benzene rings is 11. The maximum atomic E-state index is 2.48. The molecule has 0 atom stereocenters. The van der Waals surface area contributed by atoms with Gasteiger partial charge >= 0.3 is 0 Å². The van der Waals surface area contributed by atoms with Gasteiger partial charge in [-0.25, -0.2) is 0 Å². The highest BCUT2D eigenvalue weighted by molar-refractivity contribution is 6.16. The molecule has 320 valence electrons. The van der Waals surface area contributed by atoms with Gasteiger partial charge in [-0.3, -0.25) is 0 Å². The number of hydrogen-bond acceptors (Lipinski definition) is 1. The molecule has 0 saturated carbocycles. The van der Waals surface area contributed by atoms with E-state index in [9.17, 15) is 0 Å². The third-order valence-electron chi connectivity index (χ3n) is 13.2. The minimum absolute atomic E-state index is 1.06. The van der Waals surface area contributed by atoms with E-state index in [0.29, 0.717) is 0 Å². The predicted octanol–water partition coefficient (Wildman–Crippen LogP) is 18.3. The van der Waals surface area contributed by atoms with E-state index < -0.39 is 0 Å². The van der Waals surface area contributed by atoms with Crippen LogP contribution in [0.3, 0.4) is 0 Å². The third kappa shape index (κ3) is 7.35. The molecule has 0 N–H and O–H groups in total. The van der Waals surface area contributed by atoms with Gasteiger partial charge in [-0.15, -0.1) is 0 Å². The summed E-state index contributed by atoms with van der Waals surface area (Å²) in [7, 11) is 0. The Hall–Kier alpha value is -8.98. The average molecular weight is 867 g/mol. The van der Waals surface area contributed by atoms with Crippen LogP contribution in [0.1, 0.15) is 0 Å². The van der Waals surface area contributed by atoms with Gasteiger partial charge in [0.25, 0.3) is 0 Å². The summed E-state index contributed by atoms with van der Waals surface area (Å²) in [6.07, 6.45) is 0. The van der Waals surface area contributed by atoms with E-state index in [4.69, 9.17) is 0 Å².